The molecular formula is C14H14N2O3S. The Morgan fingerprint density at radius 3 is 3.05 bits per heavy atom. The van der Waals surface area contributed by atoms with Gasteiger partial charge < -0.3 is 4.42 Å². The predicted octanol–water partition coefficient (Wildman–Crippen LogP) is 2.46. The summed E-state index contributed by atoms with van der Waals surface area (Å²) >= 11 is 1.26. The molecule has 5 nitrogen and oxygen atoms in total. The molecule has 1 amide bonds. The molecule has 0 spiro atoms. The zero-order valence-electron chi connectivity index (χ0n) is 11.0. The first-order valence-corrected chi connectivity index (χ1v) is 7.41. The topological polar surface area (TPSA) is 63.4 Å². The fourth-order valence-corrected chi connectivity index (χ4v) is 2.98. The standard InChI is InChI=1S/C14H14N2O3S/c1-9(17)20-8-10-6-13(18)16(7-10)14-15-11-4-2-3-5-12(11)19-14/h2-5,10H,6-8H2,1H3. The third-order valence-electron chi connectivity index (χ3n) is 3.24. The predicted molar refractivity (Wildman–Crippen MR) is 77.6 cm³/mol. The molecule has 0 aliphatic carbocycles. The molecule has 1 atom stereocenters. The number of thioether (sulfide) groups is 1. The van der Waals surface area contributed by atoms with Gasteiger partial charge in [0.25, 0.3) is 0 Å². The summed E-state index contributed by atoms with van der Waals surface area (Å²) in [7, 11) is 0. The summed E-state index contributed by atoms with van der Waals surface area (Å²) in [5.41, 5.74) is 1.42. The lowest BCUT2D eigenvalue weighted by atomic mass is 10.1. The first-order valence-electron chi connectivity index (χ1n) is 6.43. The summed E-state index contributed by atoms with van der Waals surface area (Å²) in [6.45, 7) is 2.10. The van der Waals surface area contributed by atoms with E-state index >= 15 is 0 Å². The highest BCUT2D eigenvalue weighted by Gasteiger charge is 2.33. The number of nitrogens with zero attached hydrogens (tertiary/aromatic N) is 2. The minimum absolute atomic E-state index is 0.00529. The number of carbonyl (C=O) groups excluding carboxylic acids is 2. The summed E-state index contributed by atoms with van der Waals surface area (Å²) in [6.07, 6.45) is 0.443. The summed E-state index contributed by atoms with van der Waals surface area (Å²) < 4.78 is 5.62. The van der Waals surface area contributed by atoms with Crippen LogP contribution in [0.3, 0.4) is 0 Å². The Bertz CT molecular complexity index is 634. The Balaban J connectivity index is 1.76. The van der Waals surface area contributed by atoms with Crippen LogP contribution in [0.5, 0.6) is 0 Å². The highest BCUT2D eigenvalue weighted by Crippen LogP contribution is 2.29. The van der Waals surface area contributed by atoms with E-state index in [0.29, 0.717) is 30.3 Å². The van der Waals surface area contributed by atoms with Gasteiger partial charge in [0.15, 0.2) is 10.7 Å². The number of amides is 1. The first-order chi connectivity index (χ1) is 9.63. The maximum Gasteiger partial charge on any atom is 0.305 e. The molecule has 1 aromatic heterocycles. The van der Waals surface area contributed by atoms with E-state index in [9.17, 15) is 9.59 Å². The van der Waals surface area contributed by atoms with Crippen molar-refractivity contribution in [1.29, 1.82) is 0 Å². The van der Waals surface area contributed by atoms with Crippen LogP contribution in [0.25, 0.3) is 11.1 Å². The molecule has 1 aliphatic rings. The summed E-state index contributed by atoms with van der Waals surface area (Å²) in [5.74, 6) is 0.842. The van der Waals surface area contributed by atoms with E-state index in [-0.39, 0.29) is 16.9 Å². The molecule has 0 N–H and O–H groups in total. The molecule has 0 bridgehead atoms. The van der Waals surface area contributed by atoms with Crippen LogP contribution in [0.1, 0.15) is 13.3 Å². The smallest absolute Gasteiger partial charge is 0.305 e. The molecule has 6 heteroatoms. The molecule has 1 fully saturated rings. The molecule has 0 saturated carbocycles. The molecule has 1 aromatic carbocycles. The molecule has 1 saturated heterocycles. The molecule has 2 heterocycles. The van der Waals surface area contributed by atoms with Crippen molar-refractivity contribution in [2.24, 2.45) is 5.92 Å². The lowest BCUT2D eigenvalue weighted by molar-refractivity contribution is -0.117. The van der Waals surface area contributed by atoms with Crippen molar-refractivity contribution in [3.63, 3.8) is 0 Å². The summed E-state index contributed by atoms with van der Waals surface area (Å²) in [6, 6.07) is 7.79. The van der Waals surface area contributed by atoms with Crippen molar-refractivity contribution in [2.75, 3.05) is 17.2 Å². The van der Waals surface area contributed by atoms with Crippen LogP contribution in [-0.2, 0) is 9.59 Å². The largest absolute Gasteiger partial charge is 0.423 e. The van der Waals surface area contributed by atoms with Gasteiger partial charge in [0.1, 0.15) is 5.52 Å². The Morgan fingerprint density at radius 1 is 1.50 bits per heavy atom. The first kappa shape index (κ1) is 13.2. The van der Waals surface area contributed by atoms with Crippen LogP contribution in [0.4, 0.5) is 6.01 Å². The second-order valence-corrected chi connectivity index (χ2v) is 6.04. The fourth-order valence-electron chi connectivity index (χ4n) is 2.29. The minimum atomic E-state index is 0.00529. The van der Waals surface area contributed by atoms with Crippen molar-refractivity contribution >= 4 is 39.9 Å². The maximum atomic E-state index is 12.0. The van der Waals surface area contributed by atoms with Gasteiger partial charge >= 0.3 is 6.01 Å². The number of aromatic nitrogens is 1. The van der Waals surface area contributed by atoms with Gasteiger partial charge in [-0.15, -0.1) is 0 Å². The number of anilines is 1. The Labute approximate surface area is 120 Å². The number of fused-ring (bicyclic) bond motifs is 1. The molecule has 3 rings (SSSR count). The van der Waals surface area contributed by atoms with Crippen molar-refractivity contribution < 1.29 is 14.0 Å². The Kier molecular flexibility index (Phi) is 3.48. The number of carbonyl (C=O) groups is 2. The molecule has 1 unspecified atom stereocenters. The van der Waals surface area contributed by atoms with Crippen LogP contribution in [0, 0.1) is 5.92 Å². The molecule has 104 valence electrons. The van der Waals surface area contributed by atoms with Gasteiger partial charge in [0, 0.05) is 25.6 Å². The monoisotopic (exact) mass is 290 g/mol. The summed E-state index contributed by atoms with van der Waals surface area (Å²) in [4.78, 5) is 28.9. The van der Waals surface area contributed by atoms with E-state index in [0.717, 1.165) is 5.52 Å². The molecule has 2 aromatic rings. The van der Waals surface area contributed by atoms with Gasteiger partial charge in [-0.1, -0.05) is 23.9 Å². The second-order valence-electron chi connectivity index (χ2n) is 4.84. The SMILES string of the molecule is CC(=O)SCC1CC(=O)N(c2nc3ccccc3o2)C1. The number of hydrogen-bond donors (Lipinski definition) is 0. The zero-order valence-corrected chi connectivity index (χ0v) is 11.9. The van der Waals surface area contributed by atoms with E-state index in [2.05, 4.69) is 4.98 Å². The van der Waals surface area contributed by atoms with E-state index in [1.807, 2.05) is 24.3 Å². The van der Waals surface area contributed by atoms with E-state index in [4.69, 9.17) is 4.42 Å². The van der Waals surface area contributed by atoms with Gasteiger partial charge in [-0.25, -0.2) is 0 Å². The maximum absolute atomic E-state index is 12.0. The number of rotatable bonds is 3. The van der Waals surface area contributed by atoms with Gasteiger partial charge in [-0.3, -0.25) is 14.5 Å². The van der Waals surface area contributed by atoms with Crippen molar-refractivity contribution in [3.8, 4) is 0 Å². The van der Waals surface area contributed by atoms with E-state index in [1.54, 1.807) is 11.8 Å². The molecule has 0 radical (unpaired) electrons. The number of benzene rings is 1. The Hall–Kier alpha value is -1.82. The normalized spacial score (nSPS) is 18.9. The lowest BCUT2D eigenvalue weighted by Crippen LogP contribution is -2.25. The van der Waals surface area contributed by atoms with Crippen LogP contribution in [0.2, 0.25) is 0 Å². The Morgan fingerprint density at radius 2 is 2.30 bits per heavy atom. The average molecular weight is 290 g/mol. The third-order valence-corrected chi connectivity index (χ3v) is 4.29. The van der Waals surface area contributed by atoms with Crippen molar-refractivity contribution in [3.05, 3.63) is 24.3 Å². The highest BCUT2D eigenvalue weighted by molar-refractivity contribution is 8.13. The lowest BCUT2D eigenvalue weighted by Gasteiger charge is -2.10. The summed E-state index contributed by atoms with van der Waals surface area (Å²) in [5, 5.41) is 0.0813. The van der Waals surface area contributed by atoms with Crippen LogP contribution < -0.4 is 4.90 Å². The fraction of sp³-hybridized carbons (Fsp3) is 0.357. The molecule has 1 aliphatic heterocycles. The highest BCUT2D eigenvalue weighted by atomic mass is 32.2. The van der Waals surface area contributed by atoms with Crippen LogP contribution >= 0.6 is 11.8 Å². The van der Waals surface area contributed by atoms with Gasteiger partial charge in [-0.2, -0.15) is 4.98 Å². The minimum Gasteiger partial charge on any atom is -0.423 e. The van der Waals surface area contributed by atoms with Gasteiger partial charge in [0.2, 0.25) is 5.91 Å². The van der Waals surface area contributed by atoms with Crippen LogP contribution in [-0.4, -0.2) is 28.3 Å². The molecular weight excluding hydrogens is 276 g/mol. The van der Waals surface area contributed by atoms with Crippen LogP contribution in [0.15, 0.2) is 28.7 Å². The van der Waals surface area contributed by atoms with Crippen molar-refractivity contribution in [2.45, 2.75) is 13.3 Å². The number of para-hydroxylation sites is 2. The quantitative estimate of drug-likeness (QED) is 0.869. The zero-order chi connectivity index (χ0) is 14.1. The molecule has 20 heavy (non-hydrogen) atoms. The van der Waals surface area contributed by atoms with Gasteiger partial charge in [0.05, 0.1) is 0 Å². The average Bonchev–Trinajstić information content (AvgIpc) is 2.99. The number of oxazole rings is 1. The number of hydrogen-bond acceptors (Lipinski definition) is 5. The van der Waals surface area contributed by atoms with Gasteiger partial charge in [-0.05, 0) is 18.1 Å². The van der Waals surface area contributed by atoms with E-state index in [1.165, 1.54) is 11.8 Å². The second kappa shape index (κ2) is 5.28. The third kappa shape index (κ3) is 2.56. The van der Waals surface area contributed by atoms with E-state index < -0.39 is 0 Å². The van der Waals surface area contributed by atoms with Crippen molar-refractivity contribution in [1.82, 2.24) is 4.98 Å².